The van der Waals surface area contributed by atoms with E-state index in [-0.39, 0.29) is 5.60 Å². The largest absolute Gasteiger partial charge is 0.374 e. The second kappa shape index (κ2) is 5.43. The van der Waals surface area contributed by atoms with E-state index in [2.05, 4.69) is 34.3 Å². The van der Waals surface area contributed by atoms with Gasteiger partial charge >= 0.3 is 0 Å². The van der Waals surface area contributed by atoms with Crippen LogP contribution in [-0.2, 0) is 4.74 Å². The van der Waals surface area contributed by atoms with E-state index in [4.69, 9.17) is 4.74 Å². The highest BCUT2D eigenvalue weighted by Crippen LogP contribution is 2.24. The molecule has 0 aromatic rings. The minimum atomic E-state index is -0.136. The average Bonchev–Trinajstić information content (AvgIpc) is 2.13. The van der Waals surface area contributed by atoms with Gasteiger partial charge in [-0.25, -0.2) is 0 Å². The molecule has 0 rings (SSSR count). The molecule has 1 nitrogen and oxygen atoms in total. The van der Waals surface area contributed by atoms with Crippen molar-refractivity contribution in [2.24, 2.45) is 11.8 Å². The van der Waals surface area contributed by atoms with Crippen molar-refractivity contribution in [2.75, 3.05) is 7.11 Å². The van der Waals surface area contributed by atoms with Crippen molar-refractivity contribution in [2.45, 2.75) is 46.1 Å². The van der Waals surface area contributed by atoms with Gasteiger partial charge in [0.1, 0.15) is 0 Å². The molecule has 0 N–H and O–H groups in total. The van der Waals surface area contributed by atoms with Gasteiger partial charge in [0.15, 0.2) is 0 Å². The molecule has 0 saturated carbocycles. The van der Waals surface area contributed by atoms with Crippen molar-refractivity contribution in [3.63, 3.8) is 0 Å². The van der Waals surface area contributed by atoms with Gasteiger partial charge < -0.3 is 4.74 Å². The standard InChI is InChI=1S/C12H24O/c1-7-12(5,13-6)9-8-11(4)10(2)3/h7,10-11H,1,8-9H2,2-6H3. The summed E-state index contributed by atoms with van der Waals surface area (Å²) >= 11 is 0. The zero-order valence-corrected chi connectivity index (χ0v) is 9.76. The SMILES string of the molecule is C=CC(C)(CCC(C)C(C)C)OC. The van der Waals surface area contributed by atoms with Crippen molar-refractivity contribution in [3.05, 3.63) is 12.7 Å². The molecular weight excluding hydrogens is 160 g/mol. The Morgan fingerprint density at radius 1 is 1.38 bits per heavy atom. The second-order valence-electron chi connectivity index (χ2n) is 4.48. The van der Waals surface area contributed by atoms with Gasteiger partial charge in [-0.15, -0.1) is 6.58 Å². The third-order valence-electron chi connectivity index (χ3n) is 3.13. The Kier molecular flexibility index (Phi) is 5.31. The molecule has 2 atom stereocenters. The fourth-order valence-corrected chi connectivity index (χ4v) is 1.14. The molecule has 0 aromatic carbocycles. The van der Waals surface area contributed by atoms with Gasteiger partial charge in [0.2, 0.25) is 0 Å². The minimum absolute atomic E-state index is 0.136. The van der Waals surface area contributed by atoms with Crippen LogP contribution in [0.2, 0.25) is 0 Å². The molecule has 78 valence electrons. The molecule has 0 amide bonds. The number of hydrogen-bond donors (Lipinski definition) is 0. The monoisotopic (exact) mass is 184 g/mol. The van der Waals surface area contributed by atoms with Gasteiger partial charge in [-0.1, -0.05) is 26.8 Å². The van der Waals surface area contributed by atoms with Gasteiger partial charge in [-0.2, -0.15) is 0 Å². The first-order chi connectivity index (χ1) is 5.95. The molecule has 0 bridgehead atoms. The Morgan fingerprint density at radius 3 is 2.23 bits per heavy atom. The van der Waals surface area contributed by atoms with Gasteiger partial charge in [0, 0.05) is 7.11 Å². The molecule has 0 aliphatic rings. The molecule has 0 radical (unpaired) electrons. The summed E-state index contributed by atoms with van der Waals surface area (Å²) in [6.07, 6.45) is 4.17. The lowest BCUT2D eigenvalue weighted by Crippen LogP contribution is -2.25. The predicted octanol–water partition coefficient (Wildman–Crippen LogP) is 3.65. The van der Waals surface area contributed by atoms with Crippen LogP contribution in [-0.4, -0.2) is 12.7 Å². The third kappa shape index (κ3) is 4.47. The zero-order chi connectivity index (χ0) is 10.5. The first kappa shape index (κ1) is 12.7. The molecule has 1 heteroatoms. The summed E-state index contributed by atoms with van der Waals surface area (Å²) in [5, 5.41) is 0. The average molecular weight is 184 g/mol. The highest BCUT2D eigenvalue weighted by atomic mass is 16.5. The Morgan fingerprint density at radius 2 is 1.92 bits per heavy atom. The van der Waals surface area contributed by atoms with Crippen molar-refractivity contribution >= 4 is 0 Å². The van der Waals surface area contributed by atoms with Crippen LogP contribution < -0.4 is 0 Å². The molecule has 0 aromatic heterocycles. The van der Waals surface area contributed by atoms with E-state index < -0.39 is 0 Å². The Bertz CT molecular complexity index is 151. The maximum absolute atomic E-state index is 5.40. The van der Waals surface area contributed by atoms with E-state index in [1.54, 1.807) is 7.11 Å². The second-order valence-corrected chi connectivity index (χ2v) is 4.48. The summed E-state index contributed by atoms with van der Waals surface area (Å²) in [6, 6.07) is 0. The van der Waals surface area contributed by atoms with E-state index in [9.17, 15) is 0 Å². The highest BCUT2D eigenvalue weighted by Gasteiger charge is 2.20. The number of rotatable bonds is 6. The van der Waals surface area contributed by atoms with Gasteiger partial charge in [-0.3, -0.25) is 0 Å². The number of ether oxygens (including phenoxy) is 1. The van der Waals surface area contributed by atoms with Crippen molar-refractivity contribution in [1.82, 2.24) is 0 Å². The molecule has 0 saturated heterocycles. The van der Waals surface area contributed by atoms with Gasteiger partial charge in [-0.05, 0) is 31.6 Å². The Balaban J connectivity index is 3.92. The third-order valence-corrected chi connectivity index (χ3v) is 3.13. The van der Waals surface area contributed by atoms with E-state index in [1.165, 1.54) is 6.42 Å². The van der Waals surface area contributed by atoms with Crippen LogP contribution >= 0.6 is 0 Å². The molecule has 13 heavy (non-hydrogen) atoms. The smallest absolute Gasteiger partial charge is 0.0828 e. The summed E-state index contributed by atoms with van der Waals surface area (Å²) < 4.78 is 5.40. The van der Waals surface area contributed by atoms with Crippen molar-refractivity contribution in [3.8, 4) is 0 Å². The number of hydrogen-bond acceptors (Lipinski definition) is 1. The number of methoxy groups -OCH3 is 1. The van der Waals surface area contributed by atoms with E-state index in [0.29, 0.717) is 0 Å². The van der Waals surface area contributed by atoms with Crippen LogP contribution in [0.5, 0.6) is 0 Å². The fourth-order valence-electron chi connectivity index (χ4n) is 1.14. The minimum Gasteiger partial charge on any atom is -0.374 e. The van der Waals surface area contributed by atoms with Crippen LogP contribution in [0.4, 0.5) is 0 Å². The summed E-state index contributed by atoms with van der Waals surface area (Å²) in [5.74, 6) is 1.51. The maximum atomic E-state index is 5.40. The molecule has 0 fully saturated rings. The van der Waals surface area contributed by atoms with E-state index >= 15 is 0 Å². The van der Waals surface area contributed by atoms with Crippen LogP contribution in [0.25, 0.3) is 0 Å². The van der Waals surface area contributed by atoms with Crippen molar-refractivity contribution in [1.29, 1.82) is 0 Å². The predicted molar refractivity (Wildman–Crippen MR) is 58.8 cm³/mol. The Hall–Kier alpha value is -0.300. The molecule has 0 heterocycles. The molecule has 0 aliphatic heterocycles. The van der Waals surface area contributed by atoms with Gasteiger partial charge in [0.25, 0.3) is 0 Å². The molecular formula is C12H24O. The molecule has 0 aliphatic carbocycles. The maximum Gasteiger partial charge on any atom is 0.0828 e. The zero-order valence-electron chi connectivity index (χ0n) is 9.76. The van der Waals surface area contributed by atoms with Crippen LogP contribution in [0.15, 0.2) is 12.7 Å². The van der Waals surface area contributed by atoms with Crippen LogP contribution in [0, 0.1) is 11.8 Å². The van der Waals surface area contributed by atoms with E-state index in [1.807, 2.05) is 6.08 Å². The topological polar surface area (TPSA) is 9.23 Å². The molecule has 0 spiro atoms. The quantitative estimate of drug-likeness (QED) is 0.572. The lowest BCUT2D eigenvalue weighted by molar-refractivity contribution is 0.0351. The summed E-state index contributed by atoms with van der Waals surface area (Å²) in [7, 11) is 1.75. The van der Waals surface area contributed by atoms with Crippen LogP contribution in [0.1, 0.15) is 40.5 Å². The fraction of sp³-hybridized carbons (Fsp3) is 0.833. The van der Waals surface area contributed by atoms with Gasteiger partial charge in [0.05, 0.1) is 5.60 Å². The summed E-state index contributed by atoms with van der Waals surface area (Å²) in [4.78, 5) is 0. The highest BCUT2D eigenvalue weighted by molar-refractivity contribution is 4.93. The van der Waals surface area contributed by atoms with E-state index in [0.717, 1.165) is 18.3 Å². The summed E-state index contributed by atoms with van der Waals surface area (Å²) in [5.41, 5.74) is -0.136. The van der Waals surface area contributed by atoms with Crippen molar-refractivity contribution < 1.29 is 4.74 Å². The first-order valence-corrected chi connectivity index (χ1v) is 5.14. The Labute approximate surface area is 83.2 Å². The normalized spacial score (nSPS) is 18.3. The first-order valence-electron chi connectivity index (χ1n) is 5.14. The van der Waals surface area contributed by atoms with Crippen LogP contribution in [0.3, 0.4) is 0 Å². The summed E-state index contributed by atoms with van der Waals surface area (Å²) in [6.45, 7) is 12.7. The lowest BCUT2D eigenvalue weighted by Gasteiger charge is -2.26. The molecule has 2 unspecified atom stereocenters. The lowest BCUT2D eigenvalue weighted by atomic mass is 9.88.